The summed E-state index contributed by atoms with van der Waals surface area (Å²) in [6, 6.07) is 3.44. The van der Waals surface area contributed by atoms with E-state index in [2.05, 4.69) is 19.8 Å². The van der Waals surface area contributed by atoms with Gasteiger partial charge in [0.05, 0.1) is 17.5 Å². The van der Waals surface area contributed by atoms with Crippen LogP contribution in [0.4, 0.5) is 10.2 Å². The molecular formula is C18H21FN6O3S. The summed E-state index contributed by atoms with van der Waals surface area (Å²) in [7, 11) is -4.10. The molecule has 0 atom stereocenters. The molecule has 2 aromatic heterocycles. The monoisotopic (exact) mass is 420 g/mol. The summed E-state index contributed by atoms with van der Waals surface area (Å²) >= 11 is 0. The Hall–Kier alpha value is -2.63. The number of halogens is 1. The van der Waals surface area contributed by atoms with Gasteiger partial charge in [0.2, 0.25) is 10.0 Å². The van der Waals surface area contributed by atoms with Crippen molar-refractivity contribution in [1.82, 2.24) is 24.3 Å². The Kier molecular flexibility index (Phi) is 4.75. The van der Waals surface area contributed by atoms with Crippen molar-refractivity contribution in [3.8, 4) is 11.3 Å². The average Bonchev–Trinajstić information content (AvgIpc) is 3.09. The molecule has 11 heteroatoms. The van der Waals surface area contributed by atoms with Crippen LogP contribution in [0.5, 0.6) is 0 Å². The number of anilines is 1. The van der Waals surface area contributed by atoms with Gasteiger partial charge in [0, 0.05) is 11.6 Å². The molecule has 154 valence electrons. The van der Waals surface area contributed by atoms with Gasteiger partial charge in [-0.05, 0) is 50.8 Å². The second-order valence-electron chi connectivity index (χ2n) is 7.56. The first kappa shape index (κ1) is 19.7. The molecule has 0 bridgehead atoms. The lowest BCUT2D eigenvalue weighted by molar-refractivity contribution is 0.0163. The first-order valence-corrected chi connectivity index (χ1v) is 10.6. The Morgan fingerprint density at radius 2 is 2.03 bits per heavy atom. The van der Waals surface area contributed by atoms with Crippen LogP contribution >= 0.6 is 0 Å². The number of nitrogens with zero attached hydrogens (tertiary/aromatic N) is 4. The van der Waals surface area contributed by atoms with Crippen molar-refractivity contribution in [2.24, 2.45) is 0 Å². The standard InChI is InChI=1S/C18H21FN6O3S/c1-18(26)6-4-12(5-7-18)24-29(27,28)15-8-11(2-3-13(15)19)14-9-21-17-16(20)22-10-23-25(14)17/h2-3,8-10,12,24,26H,4-7H2,1H3,(H2,20,22,23). The van der Waals surface area contributed by atoms with Crippen LogP contribution < -0.4 is 10.5 Å². The molecule has 0 aliphatic heterocycles. The minimum absolute atomic E-state index is 0.177. The maximum Gasteiger partial charge on any atom is 0.243 e. The van der Waals surface area contributed by atoms with Crippen molar-refractivity contribution in [3.05, 3.63) is 36.5 Å². The molecule has 0 unspecified atom stereocenters. The normalized spacial score (nSPS) is 22.8. The van der Waals surface area contributed by atoms with E-state index in [1.807, 2.05) is 0 Å². The van der Waals surface area contributed by atoms with Crippen molar-refractivity contribution >= 4 is 21.5 Å². The van der Waals surface area contributed by atoms with Crippen molar-refractivity contribution in [2.45, 2.75) is 49.1 Å². The first-order valence-electron chi connectivity index (χ1n) is 9.15. The number of sulfonamides is 1. The van der Waals surface area contributed by atoms with Gasteiger partial charge in [-0.2, -0.15) is 5.10 Å². The van der Waals surface area contributed by atoms with Gasteiger partial charge >= 0.3 is 0 Å². The Morgan fingerprint density at radius 3 is 2.76 bits per heavy atom. The molecule has 0 amide bonds. The highest BCUT2D eigenvalue weighted by Gasteiger charge is 2.32. The number of benzene rings is 1. The lowest BCUT2D eigenvalue weighted by Gasteiger charge is -2.33. The molecule has 3 aromatic rings. The zero-order valence-electron chi connectivity index (χ0n) is 15.7. The molecular weight excluding hydrogens is 399 g/mol. The molecule has 29 heavy (non-hydrogen) atoms. The summed E-state index contributed by atoms with van der Waals surface area (Å²) < 4.78 is 44.1. The number of imidazole rings is 1. The molecule has 0 spiro atoms. The van der Waals surface area contributed by atoms with Crippen LogP contribution in [-0.2, 0) is 10.0 Å². The summed E-state index contributed by atoms with van der Waals surface area (Å²) in [5.41, 5.74) is 6.18. The van der Waals surface area contributed by atoms with E-state index >= 15 is 0 Å². The van der Waals surface area contributed by atoms with Crippen molar-refractivity contribution in [2.75, 3.05) is 5.73 Å². The molecule has 1 saturated carbocycles. The van der Waals surface area contributed by atoms with Gasteiger partial charge in [0.1, 0.15) is 17.0 Å². The number of nitrogen functional groups attached to an aromatic ring is 1. The Labute approximate surface area is 166 Å². The highest BCUT2D eigenvalue weighted by molar-refractivity contribution is 7.89. The first-order chi connectivity index (χ1) is 13.7. The number of nitrogens with two attached hydrogens (primary N) is 1. The fraction of sp³-hybridized carbons (Fsp3) is 0.389. The van der Waals surface area contributed by atoms with Gasteiger partial charge in [-0.1, -0.05) is 0 Å². The number of hydrogen-bond acceptors (Lipinski definition) is 7. The predicted molar refractivity (Wildman–Crippen MR) is 104 cm³/mol. The van der Waals surface area contributed by atoms with Crippen LogP contribution in [0, 0.1) is 5.82 Å². The zero-order chi connectivity index (χ0) is 20.8. The second-order valence-corrected chi connectivity index (χ2v) is 9.24. The van der Waals surface area contributed by atoms with E-state index in [-0.39, 0.29) is 11.9 Å². The minimum Gasteiger partial charge on any atom is -0.390 e. The third kappa shape index (κ3) is 3.80. The van der Waals surface area contributed by atoms with E-state index in [0.29, 0.717) is 42.6 Å². The lowest BCUT2D eigenvalue weighted by Crippen LogP contribution is -2.42. The van der Waals surface area contributed by atoms with Crippen molar-refractivity contribution in [3.63, 3.8) is 0 Å². The van der Waals surface area contributed by atoms with E-state index in [0.717, 1.165) is 6.07 Å². The lowest BCUT2D eigenvalue weighted by atomic mass is 9.84. The van der Waals surface area contributed by atoms with Crippen molar-refractivity contribution in [1.29, 1.82) is 0 Å². The molecule has 9 nitrogen and oxygen atoms in total. The fourth-order valence-corrected chi connectivity index (χ4v) is 4.95. The Morgan fingerprint density at radius 1 is 1.31 bits per heavy atom. The van der Waals surface area contributed by atoms with Gasteiger partial charge in [0.15, 0.2) is 11.5 Å². The van der Waals surface area contributed by atoms with Crippen LogP contribution in [0.25, 0.3) is 16.9 Å². The topological polar surface area (TPSA) is 136 Å². The van der Waals surface area contributed by atoms with Gasteiger partial charge in [0.25, 0.3) is 0 Å². The number of rotatable bonds is 4. The maximum absolute atomic E-state index is 14.4. The highest BCUT2D eigenvalue weighted by atomic mass is 32.2. The summed E-state index contributed by atoms with van der Waals surface area (Å²) in [6.07, 6.45) is 4.65. The van der Waals surface area contributed by atoms with E-state index in [1.54, 1.807) is 6.92 Å². The molecule has 1 fully saturated rings. The van der Waals surface area contributed by atoms with E-state index in [4.69, 9.17) is 5.73 Å². The van der Waals surface area contributed by atoms with Gasteiger partial charge < -0.3 is 10.8 Å². The number of hydrogen-bond donors (Lipinski definition) is 3. The molecule has 2 heterocycles. The zero-order valence-corrected chi connectivity index (χ0v) is 16.5. The van der Waals surface area contributed by atoms with Crippen LogP contribution in [0.1, 0.15) is 32.6 Å². The van der Waals surface area contributed by atoms with Crippen LogP contribution in [0.2, 0.25) is 0 Å². The minimum atomic E-state index is -4.10. The molecule has 4 rings (SSSR count). The number of fused-ring (bicyclic) bond motifs is 1. The van der Waals surface area contributed by atoms with Crippen molar-refractivity contribution < 1.29 is 17.9 Å². The number of aliphatic hydroxyl groups is 1. The molecule has 0 saturated heterocycles. The molecule has 4 N–H and O–H groups in total. The van der Waals surface area contributed by atoms with Crippen LogP contribution in [0.3, 0.4) is 0 Å². The van der Waals surface area contributed by atoms with E-state index < -0.39 is 26.3 Å². The van der Waals surface area contributed by atoms with E-state index in [1.165, 1.54) is 29.2 Å². The maximum atomic E-state index is 14.4. The second kappa shape index (κ2) is 7.01. The third-order valence-electron chi connectivity index (χ3n) is 5.23. The Balaban J connectivity index is 1.67. The van der Waals surface area contributed by atoms with Gasteiger partial charge in [-0.15, -0.1) is 0 Å². The number of nitrogens with one attached hydrogen (secondary N) is 1. The van der Waals surface area contributed by atoms with Gasteiger partial charge in [-0.3, -0.25) is 0 Å². The average molecular weight is 420 g/mol. The molecule has 1 aromatic carbocycles. The molecule has 1 aliphatic carbocycles. The SMILES string of the molecule is CC1(O)CCC(NS(=O)(=O)c2cc(-c3cnc4c(N)ncnn34)ccc2F)CC1. The third-order valence-corrected chi connectivity index (χ3v) is 6.77. The predicted octanol–water partition coefficient (Wildman–Crippen LogP) is 1.48. The summed E-state index contributed by atoms with van der Waals surface area (Å²) in [5.74, 6) is -0.678. The highest BCUT2D eigenvalue weighted by Crippen LogP contribution is 2.30. The Bertz CT molecular complexity index is 1170. The smallest absolute Gasteiger partial charge is 0.243 e. The van der Waals surface area contributed by atoms with E-state index in [9.17, 15) is 17.9 Å². The molecule has 0 radical (unpaired) electrons. The van der Waals surface area contributed by atoms with Gasteiger partial charge in [-0.25, -0.2) is 32.0 Å². The van der Waals surface area contributed by atoms with Crippen LogP contribution in [-0.4, -0.2) is 44.7 Å². The largest absolute Gasteiger partial charge is 0.390 e. The summed E-state index contributed by atoms with van der Waals surface area (Å²) in [4.78, 5) is 7.55. The quantitative estimate of drug-likeness (QED) is 0.582. The summed E-state index contributed by atoms with van der Waals surface area (Å²) in [6.45, 7) is 1.73. The number of aromatic nitrogens is 4. The fourth-order valence-electron chi connectivity index (χ4n) is 3.54. The molecule has 1 aliphatic rings. The van der Waals surface area contributed by atoms with Crippen LogP contribution in [0.15, 0.2) is 35.6 Å². The summed E-state index contributed by atoms with van der Waals surface area (Å²) in [5, 5.41) is 14.1.